The summed E-state index contributed by atoms with van der Waals surface area (Å²) in [5.74, 6) is 1.41. The Bertz CT molecular complexity index is 704. The van der Waals surface area contributed by atoms with Crippen LogP contribution in [0.15, 0.2) is 48.5 Å². The first kappa shape index (κ1) is 18.4. The first-order valence-electron chi connectivity index (χ1n) is 8.91. The minimum Gasteiger partial charge on any atom is -0.467 e. The molecule has 0 spiro atoms. The predicted octanol–water partition coefficient (Wildman–Crippen LogP) is 4.20. The van der Waals surface area contributed by atoms with E-state index in [2.05, 4.69) is 13.8 Å². The molecule has 2 aromatic carbocycles. The Balaban J connectivity index is 1.50. The van der Waals surface area contributed by atoms with Gasteiger partial charge in [-0.05, 0) is 54.3 Å². The summed E-state index contributed by atoms with van der Waals surface area (Å²) in [6.07, 6.45) is 2.04. The maximum Gasteiger partial charge on any atom is 0.343 e. The molecule has 1 heterocycles. The molecular weight excluding hydrogens is 332 g/mol. The molecule has 1 aliphatic heterocycles. The van der Waals surface area contributed by atoms with E-state index in [0.29, 0.717) is 29.6 Å². The molecule has 138 valence electrons. The Labute approximate surface area is 153 Å². The highest BCUT2D eigenvalue weighted by atomic mass is 16.8. The standard InChI is InChI=1S/C21H24O5/c1-3-15(2)12-16-4-8-19(9-5-16)26-21(22)17-6-10-18(11-7-17)24-14-25-20-13-23-20/h4-11,15,20H,3,12-14H2,1-2H3. The molecule has 3 rings (SSSR count). The third-order valence-electron chi connectivity index (χ3n) is 4.29. The molecule has 0 radical (unpaired) electrons. The maximum absolute atomic E-state index is 12.2. The fourth-order valence-corrected chi connectivity index (χ4v) is 2.41. The van der Waals surface area contributed by atoms with Gasteiger partial charge in [0.15, 0.2) is 13.1 Å². The molecule has 2 aromatic rings. The van der Waals surface area contributed by atoms with Gasteiger partial charge in [-0.1, -0.05) is 32.4 Å². The zero-order valence-electron chi connectivity index (χ0n) is 15.1. The minimum atomic E-state index is -0.395. The largest absolute Gasteiger partial charge is 0.467 e. The zero-order chi connectivity index (χ0) is 18.4. The van der Waals surface area contributed by atoms with Crippen molar-refractivity contribution < 1.29 is 23.7 Å². The van der Waals surface area contributed by atoms with Crippen molar-refractivity contribution in [2.24, 2.45) is 5.92 Å². The van der Waals surface area contributed by atoms with Crippen molar-refractivity contribution in [3.05, 3.63) is 59.7 Å². The number of hydrogen-bond acceptors (Lipinski definition) is 5. The van der Waals surface area contributed by atoms with E-state index in [1.165, 1.54) is 5.56 Å². The van der Waals surface area contributed by atoms with Gasteiger partial charge in [0, 0.05) is 0 Å². The lowest BCUT2D eigenvalue weighted by Crippen LogP contribution is -2.09. The van der Waals surface area contributed by atoms with Crippen molar-refractivity contribution in [3.63, 3.8) is 0 Å². The quantitative estimate of drug-likeness (QED) is 0.292. The van der Waals surface area contributed by atoms with Crippen LogP contribution >= 0.6 is 0 Å². The summed E-state index contributed by atoms with van der Waals surface area (Å²) >= 11 is 0. The van der Waals surface area contributed by atoms with Crippen molar-refractivity contribution in [1.82, 2.24) is 0 Å². The molecule has 1 aliphatic rings. The van der Waals surface area contributed by atoms with E-state index in [-0.39, 0.29) is 13.1 Å². The average Bonchev–Trinajstić information content (AvgIpc) is 3.48. The number of rotatable bonds is 9. The number of ether oxygens (including phenoxy) is 4. The van der Waals surface area contributed by atoms with Crippen molar-refractivity contribution in [2.75, 3.05) is 13.4 Å². The molecule has 0 amide bonds. The van der Waals surface area contributed by atoms with E-state index in [0.717, 1.165) is 12.8 Å². The summed E-state index contributed by atoms with van der Waals surface area (Å²) < 4.78 is 21.0. The lowest BCUT2D eigenvalue weighted by atomic mass is 9.99. The van der Waals surface area contributed by atoms with Crippen LogP contribution in [-0.4, -0.2) is 25.7 Å². The van der Waals surface area contributed by atoms with E-state index in [1.807, 2.05) is 24.3 Å². The van der Waals surface area contributed by atoms with Crippen LogP contribution in [0.1, 0.15) is 36.2 Å². The predicted molar refractivity (Wildman–Crippen MR) is 97.3 cm³/mol. The minimum absolute atomic E-state index is 0.122. The highest BCUT2D eigenvalue weighted by molar-refractivity contribution is 5.91. The normalized spacial score (nSPS) is 16.8. The molecule has 1 fully saturated rings. The highest BCUT2D eigenvalue weighted by Gasteiger charge is 2.23. The molecule has 5 heteroatoms. The summed E-state index contributed by atoms with van der Waals surface area (Å²) in [6.45, 7) is 5.16. The van der Waals surface area contributed by atoms with Gasteiger partial charge in [0.2, 0.25) is 0 Å². The third kappa shape index (κ3) is 5.58. The Hall–Kier alpha value is -2.37. The lowest BCUT2D eigenvalue weighted by molar-refractivity contribution is -0.0340. The number of benzene rings is 2. The van der Waals surface area contributed by atoms with Gasteiger partial charge in [0.25, 0.3) is 0 Å². The van der Waals surface area contributed by atoms with Crippen LogP contribution in [0.4, 0.5) is 0 Å². The molecule has 0 N–H and O–H groups in total. The van der Waals surface area contributed by atoms with Gasteiger partial charge in [-0.15, -0.1) is 0 Å². The first-order chi connectivity index (χ1) is 12.6. The smallest absolute Gasteiger partial charge is 0.343 e. The molecule has 0 saturated carbocycles. The molecule has 1 saturated heterocycles. The molecule has 26 heavy (non-hydrogen) atoms. The van der Waals surface area contributed by atoms with Crippen molar-refractivity contribution >= 4 is 5.97 Å². The zero-order valence-corrected chi connectivity index (χ0v) is 15.1. The van der Waals surface area contributed by atoms with E-state index in [4.69, 9.17) is 18.9 Å². The van der Waals surface area contributed by atoms with Crippen LogP contribution in [0.3, 0.4) is 0 Å². The van der Waals surface area contributed by atoms with Gasteiger partial charge in [0.1, 0.15) is 18.1 Å². The van der Waals surface area contributed by atoms with Gasteiger partial charge in [0.05, 0.1) is 5.56 Å². The maximum atomic E-state index is 12.2. The molecular formula is C21H24O5. The number of epoxide rings is 1. The van der Waals surface area contributed by atoms with Gasteiger partial charge >= 0.3 is 5.97 Å². The SMILES string of the molecule is CCC(C)Cc1ccc(OC(=O)c2ccc(OCOC3CO3)cc2)cc1. The van der Waals surface area contributed by atoms with Crippen LogP contribution in [0.25, 0.3) is 0 Å². The second kappa shape index (κ2) is 8.83. The van der Waals surface area contributed by atoms with E-state index in [1.54, 1.807) is 24.3 Å². The van der Waals surface area contributed by atoms with Gasteiger partial charge < -0.3 is 18.9 Å². The molecule has 0 aromatic heterocycles. The van der Waals surface area contributed by atoms with E-state index < -0.39 is 5.97 Å². The van der Waals surface area contributed by atoms with Crippen LogP contribution < -0.4 is 9.47 Å². The monoisotopic (exact) mass is 356 g/mol. The highest BCUT2D eigenvalue weighted by Crippen LogP contribution is 2.19. The van der Waals surface area contributed by atoms with Gasteiger partial charge in [-0.25, -0.2) is 4.79 Å². The van der Waals surface area contributed by atoms with Crippen molar-refractivity contribution in [3.8, 4) is 11.5 Å². The molecule has 0 bridgehead atoms. The van der Waals surface area contributed by atoms with E-state index in [9.17, 15) is 4.79 Å². The van der Waals surface area contributed by atoms with E-state index >= 15 is 0 Å². The molecule has 2 atom stereocenters. The third-order valence-corrected chi connectivity index (χ3v) is 4.29. The van der Waals surface area contributed by atoms with Crippen LogP contribution in [-0.2, 0) is 15.9 Å². The fraction of sp³-hybridized carbons (Fsp3) is 0.381. The van der Waals surface area contributed by atoms with Gasteiger partial charge in [-0.2, -0.15) is 0 Å². The Kier molecular flexibility index (Phi) is 6.26. The summed E-state index contributed by atoms with van der Waals surface area (Å²) in [5.41, 5.74) is 1.71. The molecule has 5 nitrogen and oxygen atoms in total. The summed E-state index contributed by atoms with van der Waals surface area (Å²) in [5, 5.41) is 0. The number of carbonyl (C=O) groups excluding carboxylic acids is 1. The lowest BCUT2D eigenvalue weighted by Gasteiger charge is -2.10. The summed E-state index contributed by atoms with van der Waals surface area (Å²) in [6, 6.07) is 14.5. The number of carbonyl (C=O) groups is 1. The number of hydrogen-bond donors (Lipinski definition) is 0. The Morgan fingerprint density at radius 2 is 1.77 bits per heavy atom. The van der Waals surface area contributed by atoms with Crippen LogP contribution in [0.2, 0.25) is 0 Å². The second-order valence-corrected chi connectivity index (χ2v) is 6.47. The molecule has 2 unspecified atom stereocenters. The second-order valence-electron chi connectivity index (χ2n) is 6.47. The van der Waals surface area contributed by atoms with Crippen molar-refractivity contribution in [2.45, 2.75) is 33.0 Å². The Morgan fingerprint density at radius 1 is 1.12 bits per heavy atom. The Morgan fingerprint density at radius 3 is 2.38 bits per heavy atom. The van der Waals surface area contributed by atoms with Gasteiger partial charge in [-0.3, -0.25) is 0 Å². The average molecular weight is 356 g/mol. The number of esters is 1. The fourth-order valence-electron chi connectivity index (χ4n) is 2.41. The van der Waals surface area contributed by atoms with Crippen LogP contribution in [0.5, 0.6) is 11.5 Å². The topological polar surface area (TPSA) is 57.3 Å². The van der Waals surface area contributed by atoms with Crippen LogP contribution in [0, 0.1) is 5.92 Å². The van der Waals surface area contributed by atoms with Crippen molar-refractivity contribution in [1.29, 1.82) is 0 Å². The summed E-state index contributed by atoms with van der Waals surface area (Å²) in [7, 11) is 0. The summed E-state index contributed by atoms with van der Waals surface area (Å²) in [4.78, 5) is 12.2. The first-order valence-corrected chi connectivity index (χ1v) is 8.91. The molecule has 0 aliphatic carbocycles.